The van der Waals surface area contributed by atoms with E-state index < -0.39 is 0 Å². The third-order valence-corrected chi connectivity index (χ3v) is 3.59. The number of hydrogen-bond acceptors (Lipinski definition) is 4. The van der Waals surface area contributed by atoms with Crippen LogP contribution in [0.15, 0.2) is 17.0 Å². The number of aliphatic hydroxyl groups excluding tert-OH is 1. The maximum Gasteiger partial charge on any atom is 0.132 e. The Bertz CT molecular complexity index is 388. The van der Waals surface area contributed by atoms with Crippen molar-refractivity contribution in [1.82, 2.24) is 0 Å². The molecular weight excluding hydrogens is 236 g/mol. The summed E-state index contributed by atoms with van der Waals surface area (Å²) in [6, 6.07) is 3.90. The van der Waals surface area contributed by atoms with Gasteiger partial charge in [0.25, 0.3) is 0 Å². The number of aliphatic hydroxyl groups is 1. The Hall–Kier alpha value is -0.870. The van der Waals surface area contributed by atoms with Crippen LogP contribution in [0.1, 0.15) is 19.4 Å². The van der Waals surface area contributed by atoms with Crippen LogP contribution in [0.5, 0.6) is 11.5 Å². The molecule has 0 aliphatic rings. The maximum atomic E-state index is 9.46. The quantitative estimate of drug-likeness (QED) is 0.822. The van der Waals surface area contributed by atoms with Crippen molar-refractivity contribution in [3.05, 3.63) is 17.7 Å². The number of ether oxygens (including phenoxy) is 2. The van der Waals surface area contributed by atoms with E-state index >= 15 is 0 Å². The molecular formula is C13H20O3S. The highest BCUT2D eigenvalue weighted by atomic mass is 32.2. The lowest BCUT2D eigenvalue weighted by atomic mass is 9.85. The molecule has 1 aromatic rings. The Kier molecular flexibility index (Phi) is 4.71. The second-order valence-electron chi connectivity index (χ2n) is 4.45. The molecule has 0 radical (unpaired) electrons. The molecule has 1 N–H and O–H groups in total. The minimum atomic E-state index is -0.352. The van der Waals surface area contributed by atoms with Crippen LogP contribution in [-0.2, 0) is 5.41 Å². The summed E-state index contributed by atoms with van der Waals surface area (Å²) in [6.07, 6.45) is 1.99. The Morgan fingerprint density at radius 2 is 1.76 bits per heavy atom. The molecule has 96 valence electrons. The van der Waals surface area contributed by atoms with Gasteiger partial charge in [-0.05, 0) is 18.4 Å². The van der Waals surface area contributed by atoms with Crippen LogP contribution in [0.25, 0.3) is 0 Å². The first kappa shape index (κ1) is 14.2. The highest BCUT2D eigenvalue weighted by Gasteiger charge is 2.25. The molecule has 0 aliphatic carbocycles. The third-order valence-electron chi connectivity index (χ3n) is 2.83. The van der Waals surface area contributed by atoms with Crippen LogP contribution in [0.4, 0.5) is 0 Å². The van der Waals surface area contributed by atoms with Crippen molar-refractivity contribution in [2.45, 2.75) is 24.2 Å². The molecule has 0 aromatic heterocycles. The van der Waals surface area contributed by atoms with Crippen molar-refractivity contribution in [1.29, 1.82) is 0 Å². The van der Waals surface area contributed by atoms with E-state index in [0.29, 0.717) is 0 Å². The molecule has 1 aromatic carbocycles. The Balaban J connectivity index is 3.38. The van der Waals surface area contributed by atoms with E-state index in [1.54, 1.807) is 26.0 Å². The first-order valence-electron chi connectivity index (χ1n) is 5.41. The van der Waals surface area contributed by atoms with Crippen LogP contribution < -0.4 is 9.47 Å². The zero-order valence-electron chi connectivity index (χ0n) is 11.0. The highest BCUT2D eigenvalue weighted by molar-refractivity contribution is 7.98. The predicted octanol–water partition coefficient (Wildman–Crippen LogP) is 2.70. The van der Waals surface area contributed by atoms with Crippen molar-refractivity contribution in [3.8, 4) is 11.5 Å². The van der Waals surface area contributed by atoms with Crippen LogP contribution in [-0.4, -0.2) is 32.2 Å². The van der Waals surface area contributed by atoms with Crippen LogP contribution in [0, 0.1) is 0 Å². The highest BCUT2D eigenvalue weighted by Crippen LogP contribution is 2.39. The second kappa shape index (κ2) is 5.65. The molecule has 17 heavy (non-hydrogen) atoms. The van der Waals surface area contributed by atoms with E-state index in [2.05, 4.69) is 0 Å². The fourth-order valence-electron chi connectivity index (χ4n) is 1.64. The molecule has 0 atom stereocenters. The largest absolute Gasteiger partial charge is 0.496 e. The van der Waals surface area contributed by atoms with Gasteiger partial charge in [0.05, 0.1) is 25.7 Å². The third kappa shape index (κ3) is 2.87. The van der Waals surface area contributed by atoms with Crippen molar-refractivity contribution in [3.63, 3.8) is 0 Å². The lowest BCUT2D eigenvalue weighted by Gasteiger charge is -2.26. The van der Waals surface area contributed by atoms with Crippen molar-refractivity contribution >= 4 is 11.8 Å². The zero-order chi connectivity index (χ0) is 13.1. The SMILES string of the molecule is COc1cc(C(C)(C)CO)c(OC)cc1SC. The summed E-state index contributed by atoms with van der Waals surface area (Å²) in [5.74, 6) is 1.60. The molecule has 0 fully saturated rings. The van der Waals surface area contributed by atoms with Gasteiger partial charge in [-0.3, -0.25) is 0 Å². The normalized spacial score (nSPS) is 11.4. The fourth-order valence-corrected chi connectivity index (χ4v) is 2.21. The zero-order valence-corrected chi connectivity index (χ0v) is 11.9. The number of methoxy groups -OCH3 is 2. The average Bonchev–Trinajstić information content (AvgIpc) is 2.36. The van der Waals surface area contributed by atoms with E-state index in [9.17, 15) is 5.11 Å². The van der Waals surface area contributed by atoms with Gasteiger partial charge in [0, 0.05) is 11.0 Å². The van der Waals surface area contributed by atoms with Crippen LogP contribution in [0.3, 0.4) is 0 Å². The van der Waals surface area contributed by atoms with Gasteiger partial charge in [-0.15, -0.1) is 11.8 Å². The second-order valence-corrected chi connectivity index (χ2v) is 5.30. The van der Waals surface area contributed by atoms with E-state index in [1.807, 2.05) is 32.2 Å². The molecule has 0 unspecified atom stereocenters. The molecule has 0 amide bonds. The van der Waals surface area contributed by atoms with Crippen LogP contribution >= 0.6 is 11.8 Å². The van der Waals surface area contributed by atoms with Gasteiger partial charge in [-0.2, -0.15) is 0 Å². The first-order valence-corrected chi connectivity index (χ1v) is 6.64. The number of hydrogen-bond donors (Lipinski definition) is 1. The van der Waals surface area contributed by atoms with E-state index in [1.165, 1.54) is 0 Å². The summed E-state index contributed by atoms with van der Waals surface area (Å²) in [4.78, 5) is 1.03. The van der Waals surface area contributed by atoms with Crippen molar-refractivity contribution < 1.29 is 14.6 Å². The van der Waals surface area contributed by atoms with Gasteiger partial charge in [0.15, 0.2) is 0 Å². The lowest BCUT2D eigenvalue weighted by Crippen LogP contribution is -2.23. The predicted molar refractivity (Wildman–Crippen MR) is 71.4 cm³/mol. The Morgan fingerprint density at radius 3 is 2.18 bits per heavy atom. The molecule has 1 rings (SSSR count). The van der Waals surface area contributed by atoms with Gasteiger partial charge in [-0.1, -0.05) is 13.8 Å². The first-order chi connectivity index (χ1) is 8.00. The Morgan fingerprint density at radius 1 is 1.18 bits per heavy atom. The van der Waals surface area contributed by atoms with Gasteiger partial charge < -0.3 is 14.6 Å². The van der Waals surface area contributed by atoms with E-state index in [0.717, 1.165) is 22.0 Å². The summed E-state index contributed by atoms with van der Waals surface area (Å²) in [6.45, 7) is 4.01. The molecule has 0 saturated carbocycles. The van der Waals surface area contributed by atoms with Gasteiger partial charge in [-0.25, -0.2) is 0 Å². The number of thioether (sulfide) groups is 1. The molecule has 3 nitrogen and oxygen atoms in total. The summed E-state index contributed by atoms with van der Waals surface area (Å²) in [5, 5.41) is 9.46. The van der Waals surface area contributed by atoms with Crippen molar-refractivity contribution in [2.75, 3.05) is 27.1 Å². The van der Waals surface area contributed by atoms with Gasteiger partial charge in [0.2, 0.25) is 0 Å². The summed E-state index contributed by atoms with van der Waals surface area (Å²) in [7, 11) is 3.29. The monoisotopic (exact) mass is 256 g/mol. The van der Waals surface area contributed by atoms with Crippen LogP contribution in [0.2, 0.25) is 0 Å². The maximum absolute atomic E-state index is 9.46. The van der Waals surface area contributed by atoms with E-state index in [4.69, 9.17) is 9.47 Å². The standard InChI is InChI=1S/C13H20O3S/c1-13(2,8-14)9-6-11(16-4)12(17-5)7-10(9)15-3/h6-7,14H,8H2,1-5H3. The fraction of sp³-hybridized carbons (Fsp3) is 0.538. The lowest BCUT2D eigenvalue weighted by molar-refractivity contribution is 0.214. The number of rotatable bonds is 5. The Labute approximate surface area is 107 Å². The van der Waals surface area contributed by atoms with E-state index in [-0.39, 0.29) is 12.0 Å². The minimum Gasteiger partial charge on any atom is -0.496 e. The van der Waals surface area contributed by atoms with Gasteiger partial charge >= 0.3 is 0 Å². The smallest absolute Gasteiger partial charge is 0.132 e. The van der Waals surface area contributed by atoms with Gasteiger partial charge in [0.1, 0.15) is 11.5 Å². The molecule has 4 heteroatoms. The topological polar surface area (TPSA) is 38.7 Å². The molecule has 0 bridgehead atoms. The molecule has 0 spiro atoms. The number of benzene rings is 1. The summed E-state index contributed by atoms with van der Waals surface area (Å²) in [5.41, 5.74) is 0.604. The molecule has 0 heterocycles. The molecule has 0 saturated heterocycles. The summed E-state index contributed by atoms with van der Waals surface area (Å²) < 4.78 is 10.8. The minimum absolute atomic E-state index is 0.0606. The molecule has 0 aliphatic heterocycles. The van der Waals surface area contributed by atoms with Crippen molar-refractivity contribution in [2.24, 2.45) is 0 Å². The summed E-state index contributed by atoms with van der Waals surface area (Å²) >= 11 is 1.61. The average molecular weight is 256 g/mol.